The predicted octanol–water partition coefficient (Wildman–Crippen LogP) is 3.15. The van der Waals surface area contributed by atoms with Gasteiger partial charge in [-0.2, -0.15) is 0 Å². The second-order valence-electron chi connectivity index (χ2n) is 4.97. The van der Waals surface area contributed by atoms with Crippen LogP contribution in [0.2, 0.25) is 0 Å². The number of halogens is 1. The molecule has 4 heteroatoms. The van der Waals surface area contributed by atoms with E-state index in [-0.39, 0.29) is 11.6 Å². The Balaban J connectivity index is 2.55. The molecule has 0 aromatic heterocycles. The fraction of sp³-hybridized carbons (Fsp3) is 0.562. The number of nitrogens with zero attached hydrogens (tertiary/aromatic N) is 1. The van der Waals surface area contributed by atoms with Gasteiger partial charge >= 0.3 is 0 Å². The number of methoxy groups -OCH3 is 1. The molecular weight excluding hydrogens is 257 g/mol. The average molecular weight is 281 g/mol. The Hall–Kier alpha value is -1.26. The van der Waals surface area contributed by atoms with Gasteiger partial charge in [0.2, 0.25) is 0 Å². The van der Waals surface area contributed by atoms with Crippen LogP contribution in [-0.2, 0) is 4.74 Å². The minimum Gasteiger partial charge on any atom is -0.383 e. The molecule has 0 fully saturated rings. The molecule has 0 aliphatic heterocycles. The van der Waals surface area contributed by atoms with Gasteiger partial charge in [0, 0.05) is 38.2 Å². The molecule has 0 aliphatic carbocycles. The summed E-state index contributed by atoms with van der Waals surface area (Å²) in [6.07, 6.45) is 1.43. The lowest BCUT2D eigenvalue weighted by Gasteiger charge is -2.27. The first-order valence-electron chi connectivity index (χ1n) is 7.10. The lowest BCUT2D eigenvalue weighted by molar-refractivity contribution is 0.0915. The first kappa shape index (κ1) is 16.8. The minimum absolute atomic E-state index is 0.0183. The summed E-state index contributed by atoms with van der Waals surface area (Å²) in [5.74, 6) is -0.385. The van der Waals surface area contributed by atoms with Crippen LogP contribution in [0, 0.1) is 5.82 Å². The number of ketones is 1. The Bertz CT molecular complexity index is 423. The highest BCUT2D eigenvalue weighted by atomic mass is 19.1. The van der Waals surface area contributed by atoms with Gasteiger partial charge in [0.1, 0.15) is 5.82 Å². The lowest BCUT2D eigenvalue weighted by Crippen LogP contribution is -2.37. The van der Waals surface area contributed by atoms with E-state index in [0.717, 1.165) is 13.0 Å². The number of benzene rings is 1. The van der Waals surface area contributed by atoms with E-state index in [1.54, 1.807) is 19.2 Å². The van der Waals surface area contributed by atoms with Crippen molar-refractivity contribution >= 4 is 5.78 Å². The summed E-state index contributed by atoms with van der Waals surface area (Å²) in [5.41, 5.74) is 0.445. The summed E-state index contributed by atoms with van der Waals surface area (Å²) >= 11 is 0. The molecule has 1 aromatic rings. The Labute approximate surface area is 120 Å². The molecule has 1 atom stereocenters. The zero-order valence-electron chi connectivity index (χ0n) is 12.6. The van der Waals surface area contributed by atoms with Crippen molar-refractivity contribution < 1.29 is 13.9 Å². The van der Waals surface area contributed by atoms with E-state index in [1.807, 2.05) is 0 Å². The number of rotatable bonds is 9. The molecule has 1 rings (SSSR count). The van der Waals surface area contributed by atoms with Gasteiger partial charge in [-0.05, 0) is 25.5 Å². The number of Topliss-reactive ketones (excluding diaryl/α,β-unsaturated/α-hetero) is 1. The van der Waals surface area contributed by atoms with Crippen molar-refractivity contribution in [3.8, 4) is 0 Å². The summed E-state index contributed by atoms with van der Waals surface area (Å²) in [4.78, 5) is 14.3. The van der Waals surface area contributed by atoms with Crippen molar-refractivity contribution in [3.63, 3.8) is 0 Å². The van der Waals surface area contributed by atoms with E-state index in [1.165, 1.54) is 12.1 Å². The minimum atomic E-state index is -0.367. The molecule has 1 aromatic carbocycles. The normalized spacial score (nSPS) is 12.7. The molecule has 0 spiro atoms. The van der Waals surface area contributed by atoms with Crippen molar-refractivity contribution in [2.45, 2.75) is 32.7 Å². The summed E-state index contributed by atoms with van der Waals surface area (Å²) in [5, 5.41) is 0. The van der Waals surface area contributed by atoms with E-state index < -0.39 is 0 Å². The third-order valence-corrected chi connectivity index (χ3v) is 3.57. The maximum atomic E-state index is 13.1. The van der Waals surface area contributed by atoms with Crippen molar-refractivity contribution in [1.82, 2.24) is 4.90 Å². The first-order valence-corrected chi connectivity index (χ1v) is 7.10. The molecule has 0 N–H and O–H groups in total. The van der Waals surface area contributed by atoms with Gasteiger partial charge in [0.15, 0.2) is 5.78 Å². The van der Waals surface area contributed by atoms with E-state index in [4.69, 9.17) is 4.74 Å². The molecular formula is C16H24FNO2. The topological polar surface area (TPSA) is 29.5 Å². The van der Waals surface area contributed by atoms with Gasteiger partial charge in [0.25, 0.3) is 0 Å². The van der Waals surface area contributed by atoms with Gasteiger partial charge in [-0.25, -0.2) is 4.39 Å². The number of carbonyl (C=O) groups is 1. The monoisotopic (exact) mass is 281 g/mol. The smallest absolute Gasteiger partial charge is 0.164 e. The molecule has 3 nitrogen and oxygen atoms in total. The summed E-state index contributed by atoms with van der Waals surface area (Å²) in [6.45, 7) is 6.40. The number of carbonyl (C=O) groups excluding carboxylic acids is 1. The molecule has 20 heavy (non-hydrogen) atoms. The van der Waals surface area contributed by atoms with Crippen LogP contribution in [0.5, 0.6) is 0 Å². The standard InChI is InChI=1S/C16H24FNO2/c1-4-13(2)18(10-11-20-3)9-8-16(19)14-6-5-7-15(17)12-14/h5-7,12-13H,4,8-11H2,1-3H3. The summed E-state index contributed by atoms with van der Waals surface area (Å²) < 4.78 is 18.2. The summed E-state index contributed by atoms with van der Waals surface area (Å²) in [7, 11) is 1.67. The van der Waals surface area contributed by atoms with Crippen LogP contribution in [-0.4, -0.2) is 43.5 Å². The van der Waals surface area contributed by atoms with Gasteiger partial charge in [-0.1, -0.05) is 19.1 Å². The molecule has 1 unspecified atom stereocenters. The quantitative estimate of drug-likeness (QED) is 0.651. The molecule has 0 bridgehead atoms. The van der Waals surface area contributed by atoms with Crippen molar-refractivity contribution in [3.05, 3.63) is 35.6 Å². The summed E-state index contributed by atoms with van der Waals surface area (Å²) in [6, 6.07) is 6.28. The van der Waals surface area contributed by atoms with E-state index in [2.05, 4.69) is 18.7 Å². The largest absolute Gasteiger partial charge is 0.383 e. The van der Waals surface area contributed by atoms with Crippen LogP contribution in [0.3, 0.4) is 0 Å². The average Bonchev–Trinajstić information content (AvgIpc) is 2.46. The van der Waals surface area contributed by atoms with Crippen LogP contribution in [0.15, 0.2) is 24.3 Å². The SMILES string of the molecule is CCC(C)N(CCOC)CCC(=O)c1cccc(F)c1. The molecule has 0 saturated heterocycles. The highest BCUT2D eigenvalue weighted by Gasteiger charge is 2.14. The second kappa shape index (κ2) is 8.82. The zero-order valence-corrected chi connectivity index (χ0v) is 12.6. The maximum absolute atomic E-state index is 13.1. The molecule has 0 heterocycles. The number of ether oxygens (including phenoxy) is 1. The van der Waals surface area contributed by atoms with Gasteiger partial charge in [-0.3, -0.25) is 9.69 Å². The van der Waals surface area contributed by atoms with Crippen LogP contribution in [0.4, 0.5) is 4.39 Å². The fourth-order valence-electron chi connectivity index (χ4n) is 2.07. The second-order valence-corrected chi connectivity index (χ2v) is 4.97. The van der Waals surface area contributed by atoms with Crippen LogP contribution >= 0.6 is 0 Å². The first-order chi connectivity index (χ1) is 9.58. The molecule has 0 radical (unpaired) electrons. The Morgan fingerprint density at radius 3 is 2.75 bits per heavy atom. The van der Waals surface area contributed by atoms with Crippen molar-refractivity contribution in [1.29, 1.82) is 0 Å². The highest BCUT2D eigenvalue weighted by Crippen LogP contribution is 2.09. The molecule has 0 aliphatic rings. The predicted molar refractivity (Wildman–Crippen MR) is 78.5 cm³/mol. The molecule has 112 valence electrons. The maximum Gasteiger partial charge on any atom is 0.164 e. The van der Waals surface area contributed by atoms with Gasteiger partial charge in [-0.15, -0.1) is 0 Å². The van der Waals surface area contributed by atoms with Crippen molar-refractivity contribution in [2.24, 2.45) is 0 Å². The molecule has 0 amide bonds. The Morgan fingerprint density at radius 2 is 2.15 bits per heavy atom. The van der Waals surface area contributed by atoms with E-state index >= 15 is 0 Å². The Morgan fingerprint density at radius 1 is 1.40 bits per heavy atom. The fourth-order valence-corrected chi connectivity index (χ4v) is 2.07. The Kier molecular flexibility index (Phi) is 7.41. The highest BCUT2D eigenvalue weighted by molar-refractivity contribution is 5.96. The van der Waals surface area contributed by atoms with Crippen LogP contribution < -0.4 is 0 Å². The number of hydrogen-bond donors (Lipinski definition) is 0. The third-order valence-electron chi connectivity index (χ3n) is 3.57. The molecule has 0 saturated carbocycles. The van der Waals surface area contributed by atoms with Gasteiger partial charge < -0.3 is 4.74 Å². The lowest BCUT2D eigenvalue weighted by atomic mass is 10.1. The van der Waals surface area contributed by atoms with E-state index in [0.29, 0.717) is 31.2 Å². The zero-order chi connectivity index (χ0) is 15.0. The van der Waals surface area contributed by atoms with Gasteiger partial charge in [0.05, 0.1) is 6.61 Å². The van der Waals surface area contributed by atoms with E-state index in [9.17, 15) is 9.18 Å². The number of hydrogen-bond acceptors (Lipinski definition) is 3. The van der Waals surface area contributed by atoms with Crippen molar-refractivity contribution in [2.75, 3.05) is 26.8 Å². The third kappa shape index (κ3) is 5.39. The van der Waals surface area contributed by atoms with Crippen LogP contribution in [0.1, 0.15) is 37.0 Å². The van der Waals surface area contributed by atoms with Crippen LogP contribution in [0.25, 0.3) is 0 Å².